The van der Waals surface area contributed by atoms with Gasteiger partial charge in [-0.1, -0.05) is 0 Å². The number of benzene rings is 1. The van der Waals surface area contributed by atoms with Gasteiger partial charge in [-0.2, -0.15) is 0 Å². The average Bonchev–Trinajstić information content (AvgIpc) is 2.67. The molecule has 3 nitrogen and oxygen atoms in total. The van der Waals surface area contributed by atoms with Crippen LogP contribution < -0.4 is 0 Å². The minimum Gasteiger partial charge on any atom is -0.271 e. The highest BCUT2D eigenvalue weighted by atomic mass is 19.1. The van der Waals surface area contributed by atoms with Crippen molar-refractivity contribution in [1.29, 1.82) is 0 Å². The number of rotatable bonds is 1. The second-order valence-electron chi connectivity index (χ2n) is 3.34. The van der Waals surface area contributed by atoms with Crippen LogP contribution in [0.25, 0.3) is 0 Å². The molecule has 86 valence electrons. The molecule has 1 heterocycles. The van der Waals surface area contributed by atoms with Gasteiger partial charge in [0.05, 0.1) is 13.2 Å². The number of hydrogen-bond donors (Lipinski definition) is 0. The van der Waals surface area contributed by atoms with Crippen LogP contribution in [0.4, 0.5) is 13.2 Å². The number of carbonyl (C=O) groups excluding carboxylic acids is 1. The van der Waals surface area contributed by atoms with E-state index >= 15 is 0 Å². The van der Waals surface area contributed by atoms with Crippen LogP contribution in [-0.2, 0) is 4.84 Å². The fraction of sp³-hybridized carbons (Fsp3) is 0.300. The van der Waals surface area contributed by atoms with Gasteiger partial charge < -0.3 is 0 Å². The molecule has 0 radical (unpaired) electrons. The lowest BCUT2D eigenvalue weighted by Gasteiger charge is -2.14. The largest absolute Gasteiger partial charge is 0.283 e. The summed E-state index contributed by atoms with van der Waals surface area (Å²) in [5.74, 6) is -4.43. The minimum absolute atomic E-state index is 0.273. The van der Waals surface area contributed by atoms with Gasteiger partial charge in [-0.25, -0.2) is 18.2 Å². The van der Waals surface area contributed by atoms with Crippen molar-refractivity contribution in [1.82, 2.24) is 5.06 Å². The van der Waals surface area contributed by atoms with E-state index < -0.39 is 28.9 Å². The standard InChI is InChI=1S/C10H8F3NO2/c11-6-4-7(12)9(8(13)5-6)10(15)14-2-1-3-16-14/h4-5H,1-3H2. The maximum absolute atomic E-state index is 13.2. The number of halogens is 3. The maximum atomic E-state index is 13.2. The molecule has 0 aromatic heterocycles. The van der Waals surface area contributed by atoms with Crippen molar-refractivity contribution in [3.63, 3.8) is 0 Å². The summed E-state index contributed by atoms with van der Waals surface area (Å²) in [5, 5.41) is 0.874. The second-order valence-corrected chi connectivity index (χ2v) is 3.34. The van der Waals surface area contributed by atoms with Crippen LogP contribution in [0.3, 0.4) is 0 Å². The van der Waals surface area contributed by atoms with Gasteiger partial charge in [0.2, 0.25) is 0 Å². The summed E-state index contributed by atoms with van der Waals surface area (Å²) in [4.78, 5) is 16.5. The first-order chi connectivity index (χ1) is 7.59. The Bertz CT molecular complexity index is 407. The van der Waals surface area contributed by atoms with Crippen LogP contribution in [0.5, 0.6) is 0 Å². The van der Waals surface area contributed by atoms with Gasteiger partial charge in [0.25, 0.3) is 5.91 Å². The zero-order valence-corrected chi connectivity index (χ0v) is 8.17. The lowest BCUT2D eigenvalue weighted by Crippen LogP contribution is -2.28. The van der Waals surface area contributed by atoms with E-state index in [-0.39, 0.29) is 6.54 Å². The Hall–Kier alpha value is -1.56. The normalized spacial score (nSPS) is 15.6. The van der Waals surface area contributed by atoms with E-state index in [0.29, 0.717) is 25.2 Å². The Morgan fingerprint density at radius 1 is 1.25 bits per heavy atom. The zero-order valence-electron chi connectivity index (χ0n) is 8.17. The van der Waals surface area contributed by atoms with Gasteiger partial charge in [-0.15, -0.1) is 0 Å². The number of nitrogens with zero attached hydrogens (tertiary/aromatic N) is 1. The molecular formula is C10H8F3NO2. The van der Waals surface area contributed by atoms with Crippen LogP contribution in [0.2, 0.25) is 0 Å². The fourth-order valence-corrected chi connectivity index (χ4v) is 1.48. The predicted octanol–water partition coefficient (Wildman–Crippen LogP) is 1.88. The lowest BCUT2D eigenvalue weighted by atomic mass is 10.1. The SMILES string of the molecule is O=C(c1c(F)cc(F)cc1F)N1CCCO1. The Morgan fingerprint density at radius 3 is 2.38 bits per heavy atom. The Kier molecular flexibility index (Phi) is 2.82. The minimum atomic E-state index is -1.22. The van der Waals surface area contributed by atoms with Crippen LogP contribution >= 0.6 is 0 Å². The second kappa shape index (κ2) is 4.13. The molecule has 1 fully saturated rings. The van der Waals surface area contributed by atoms with Crippen LogP contribution in [0.1, 0.15) is 16.8 Å². The molecule has 1 amide bonds. The molecule has 0 unspecified atom stereocenters. The molecule has 16 heavy (non-hydrogen) atoms. The summed E-state index contributed by atoms with van der Waals surface area (Å²) >= 11 is 0. The summed E-state index contributed by atoms with van der Waals surface area (Å²) < 4.78 is 39.1. The molecule has 1 aromatic rings. The van der Waals surface area contributed by atoms with Gasteiger partial charge >= 0.3 is 0 Å². The van der Waals surface area contributed by atoms with E-state index in [1.165, 1.54) is 0 Å². The van der Waals surface area contributed by atoms with Crippen molar-refractivity contribution >= 4 is 5.91 Å². The van der Waals surface area contributed by atoms with Gasteiger partial charge in [-0.05, 0) is 6.42 Å². The Labute approximate surface area is 89.4 Å². The summed E-state index contributed by atoms with van der Waals surface area (Å²) in [6.45, 7) is 0.602. The van der Waals surface area contributed by atoms with Crippen LogP contribution in [0.15, 0.2) is 12.1 Å². The molecule has 0 atom stereocenters. The smallest absolute Gasteiger partial charge is 0.271 e. The van der Waals surface area contributed by atoms with E-state index in [1.54, 1.807) is 0 Å². The van der Waals surface area contributed by atoms with Crippen molar-refractivity contribution < 1.29 is 22.8 Å². The van der Waals surface area contributed by atoms with Crippen molar-refractivity contribution in [2.75, 3.05) is 13.2 Å². The molecule has 0 spiro atoms. The fourth-order valence-electron chi connectivity index (χ4n) is 1.48. The summed E-state index contributed by atoms with van der Waals surface area (Å²) in [6, 6.07) is 0.929. The number of hydrogen-bond acceptors (Lipinski definition) is 2. The molecule has 0 saturated carbocycles. The maximum Gasteiger partial charge on any atom is 0.283 e. The van der Waals surface area contributed by atoms with Gasteiger partial charge in [0.15, 0.2) is 0 Å². The number of amides is 1. The van der Waals surface area contributed by atoms with E-state index in [9.17, 15) is 18.0 Å². The third kappa shape index (κ3) is 1.88. The highest BCUT2D eigenvalue weighted by molar-refractivity contribution is 5.94. The average molecular weight is 231 g/mol. The van der Waals surface area contributed by atoms with Crippen molar-refractivity contribution in [3.8, 4) is 0 Å². The van der Waals surface area contributed by atoms with Crippen LogP contribution in [-0.4, -0.2) is 24.1 Å². The van der Waals surface area contributed by atoms with E-state index in [4.69, 9.17) is 4.84 Å². The van der Waals surface area contributed by atoms with Crippen molar-refractivity contribution in [2.24, 2.45) is 0 Å². The third-order valence-electron chi connectivity index (χ3n) is 2.20. The molecule has 6 heteroatoms. The summed E-state index contributed by atoms with van der Waals surface area (Å²) in [7, 11) is 0. The summed E-state index contributed by atoms with van der Waals surface area (Å²) in [6.07, 6.45) is 0.607. The van der Waals surface area contributed by atoms with E-state index in [0.717, 1.165) is 5.06 Å². The lowest BCUT2D eigenvalue weighted by molar-refractivity contribution is -0.0773. The molecule has 1 saturated heterocycles. The molecule has 1 aromatic carbocycles. The predicted molar refractivity (Wildman–Crippen MR) is 47.9 cm³/mol. The van der Waals surface area contributed by atoms with Crippen molar-refractivity contribution in [2.45, 2.75) is 6.42 Å². The molecule has 1 aliphatic rings. The molecule has 0 N–H and O–H groups in total. The number of hydroxylamine groups is 2. The highest BCUT2D eigenvalue weighted by Gasteiger charge is 2.27. The Balaban J connectivity index is 2.35. The van der Waals surface area contributed by atoms with Gasteiger partial charge in [0.1, 0.15) is 23.0 Å². The van der Waals surface area contributed by atoms with Gasteiger partial charge in [-0.3, -0.25) is 9.63 Å². The first kappa shape index (κ1) is 10.9. The quantitative estimate of drug-likeness (QED) is 0.738. The van der Waals surface area contributed by atoms with Crippen molar-refractivity contribution in [3.05, 3.63) is 35.1 Å². The molecule has 1 aliphatic heterocycles. The monoisotopic (exact) mass is 231 g/mol. The topological polar surface area (TPSA) is 29.5 Å². The van der Waals surface area contributed by atoms with Crippen LogP contribution in [0, 0.1) is 17.5 Å². The summed E-state index contributed by atoms with van der Waals surface area (Å²) in [5.41, 5.74) is -0.789. The third-order valence-corrected chi connectivity index (χ3v) is 2.20. The molecular weight excluding hydrogens is 223 g/mol. The first-order valence-corrected chi connectivity index (χ1v) is 4.69. The highest BCUT2D eigenvalue weighted by Crippen LogP contribution is 2.18. The zero-order chi connectivity index (χ0) is 11.7. The first-order valence-electron chi connectivity index (χ1n) is 4.69. The molecule has 2 rings (SSSR count). The van der Waals surface area contributed by atoms with Gasteiger partial charge in [0, 0.05) is 12.1 Å². The van der Waals surface area contributed by atoms with E-state index in [1.807, 2.05) is 0 Å². The van der Waals surface area contributed by atoms with E-state index in [2.05, 4.69) is 0 Å². The molecule has 0 aliphatic carbocycles. The Morgan fingerprint density at radius 2 is 1.88 bits per heavy atom. The molecule has 0 bridgehead atoms. The number of carbonyl (C=O) groups is 1.